The molecule has 0 aliphatic rings. The second-order valence-corrected chi connectivity index (χ2v) is 6.31. The Bertz CT molecular complexity index is 783. The number of nitrogens with one attached hydrogen (secondary N) is 1. The summed E-state index contributed by atoms with van der Waals surface area (Å²) in [5.74, 6) is -0.758. The Morgan fingerprint density at radius 1 is 1.35 bits per heavy atom. The summed E-state index contributed by atoms with van der Waals surface area (Å²) in [5, 5.41) is 13.2. The predicted octanol–water partition coefficient (Wildman–Crippen LogP) is 1.02. The first-order chi connectivity index (χ1) is 10.9. The largest absolute Gasteiger partial charge is 0.497 e. The van der Waals surface area contributed by atoms with Crippen molar-refractivity contribution in [2.45, 2.75) is 24.5 Å². The quantitative estimate of drug-likeness (QED) is 0.779. The number of hydrogen-bond donors (Lipinski definition) is 2. The number of aromatic nitrogens is 2. The number of benzene rings is 1. The smallest absolute Gasteiger partial charge is 0.326 e. The van der Waals surface area contributed by atoms with Crippen LogP contribution in [-0.4, -0.2) is 36.4 Å². The van der Waals surface area contributed by atoms with E-state index in [1.54, 1.807) is 19.1 Å². The summed E-state index contributed by atoms with van der Waals surface area (Å²) in [7, 11) is -2.54. The van der Waals surface area contributed by atoms with Gasteiger partial charge in [-0.2, -0.15) is 9.82 Å². The minimum absolute atomic E-state index is 0.0836. The van der Waals surface area contributed by atoms with Gasteiger partial charge in [-0.05, 0) is 30.7 Å². The first-order valence-electron chi connectivity index (χ1n) is 6.80. The number of carbonyl (C=O) groups is 1. The van der Waals surface area contributed by atoms with Crippen molar-refractivity contribution < 1.29 is 23.1 Å². The van der Waals surface area contributed by atoms with Crippen molar-refractivity contribution in [3.05, 3.63) is 42.1 Å². The monoisotopic (exact) mass is 339 g/mol. The number of carboxylic acid groups (broad SMARTS) is 1. The highest BCUT2D eigenvalue weighted by atomic mass is 32.2. The molecule has 2 N–H and O–H groups in total. The van der Waals surface area contributed by atoms with Gasteiger partial charge >= 0.3 is 5.97 Å². The number of nitrogens with zero attached hydrogens (tertiary/aromatic N) is 2. The Hall–Kier alpha value is -2.39. The van der Waals surface area contributed by atoms with Crippen LogP contribution in [0.4, 0.5) is 0 Å². The lowest BCUT2D eigenvalue weighted by atomic mass is 10.1. The maximum Gasteiger partial charge on any atom is 0.326 e. The van der Waals surface area contributed by atoms with Crippen LogP contribution in [0.15, 0.2) is 41.6 Å². The standard InChI is InChI=1S/C14H17N3O5S/c1-3-17-12(8-9-15-17)23(20,21)16-13(14(18)19)10-4-6-11(22-2)7-5-10/h4-9,13,16H,3H2,1-2H3,(H,18,19). The average molecular weight is 339 g/mol. The summed E-state index contributed by atoms with van der Waals surface area (Å²) in [5.41, 5.74) is 0.296. The molecule has 1 unspecified atom stereocenters. The van der Waals surface area contributed by atoms with Crippen LogP contribution in [0.1, 0.15) is 18.5 Å². The lowest BCUT2D eigenvalue weighted by Gasteiger charge is -2.16. The van der Waals surface area contributed by atoms with E-state index in [1.807, 2.05) is 0 Å². The molecule has 0 aliphatic heterocycles. The fourth-order valence-electron chi connectivity index (χ4n) is 2.06. The van der Waals surface area contributed by atoms with Gasteiger partial charge in [-0.3, -0.25) is 9.48 Å². The van der Waals surface area contributed by atoms with Crippen LogP contribution in [-0.2, 0) is 21.4 Å². The summed E-state index contributed by atoms with van der Waals surface area (Å²) >= 11 is 0. The van der Waals surface area contributed by atoms with Crippen molar-refractivity contribution in [1.29, 1.82) is 0 Å². The number of methoxy groups -OCH3 is 1. The Balaban J connectivity index is 2.33. The van der Waals surface area contributed by atoms with Crippen LogP contribution in [0.3, 0.4) is 0 Å². The zero-order chi connectivity index (χ0) is 17.0. The molecule has 0 saturated carbocycles. The van der Waals surface area contributed by atoms with E-state index in [1.165, 1.54) is 36.2 Å². The third kappa shape index (κ3) is 3.69. The molecule has 9 heteroatoms. The van der Waals surface area contributed by atoms with Crippen LogP contribution >= 0.6 is 0 Å². The Morgan fingerprint density at radius 2 is 2.00 bits per heavy atom. The van der Waals surface area contributed by atoms with E-state index >= 15 is 0 Å². The van der Waals surface area contributed by atoms with Gasteiger partial charge < -0.3 is 9.84 Å². The van der Waals surface area contributed by atoms with Crippen LogP contribution in [0.2, 0.25) is 0 Å². The van der Waals surface area contributed by atoms with Crippen molar-refractivity contribution in [2.24, 2.45) is 0 Å². The van der Waals surface area contributed by atoms with Crippen molar-refractivity contribution in [3.63, 3.8) is 0 Å². The number of ether oxygens (including phenoxy) is 1. The first-order valence-corrected chi connectivity index (χ1v) is 8.28. The number of hydrogen-bond acceptors (Lipinski definition) is 5. The van der Waals surface area contributed by atoms with Crippen molar-refractivity contribution >= 4 is 16.0 Å². The van der Waals surface area contributed by atoms with Crippen LogP contribution in [0, 0.1) is 0 Å². The van der Waals surface area contributed by atoms with Crippen molar-refractivity contribution in [1.82, 2.24) is 14.5 Å². The van der Waals surface area contributed by atoms with Gasteiger partial charge in [-0.1, -0.05) is 12.1 Å². The van der Waals surface area contributed by atoms with E-state index in [9.17, 15) is 18.3 Å². The number of aryl methyl sites for hydroxylation is 1. The van der Waals surface area contributed by atoms with E-state index in [4.69, 9.17) is 4.74 Å². The maximum absolute atomic E-state index is 12.4. The molecule has 1 atom stereocenters. The summed E-state index contributed by atoms with van der Waals surface area (Å²) in [4.78, 5) is 11.5. The minimum atomic E-state index is -4.03. The molecule has 23 heavy (non-hydrogen) atoms. The van der Waals surface area contributed by atoms with Gasteiger partial charge in [0.25, 0.3) is 10.0 Å². The molecule has 1 aromatic heterocycles. The lowest BCUT2D eigenvalue weighted by molar-refractivity contribution is -0.139. The van der Waals surface area contributed by atoms with Crippen LogP contribution in [0.5, 0.6) is 5.75 Å². The van der Waals surface area contributed by atoms with Gasteiger partial charge in [0.15, 0.2) is 5.03 Å². The normalized spacial score (nSPS) is 12.8. The summed E-state index contributed by atoms with van der Waals surface area (Å²) in [6.07, 6.45) is 1.35. The molecular formula is C14H17N3O5S. The van der Waals surface area contributed by atoms with Crippen LogP contribution in [0.25, 0.3) is 0 Å². The molecule has 0 radical (unpaired) electrons. The van der Waals surface area contributed by atoms with E-state index in [0.717, 1.165) is 0 Å². The Kier molecular flexibility index (Phi) is 5.02. The third-order valence-corrected chi connectivity index (χ3v) is 4.67. The van der Waals surface area contributed by atoms with E-state index in [-0.39, 0.29) is 5.03 Å². The fraction of sp³-hybridized carbons (Fsp3) is 0.286. The summed E-state index contributed by atoms with van der Waals surface area (Å²) in [6.45, 7) is 2.09. The Morgan fingerprint density at radius 3 is 2.52 bits per heavy atom. The van der Waals surface area contributed by atoms with Gasteiger partial charge in [0.1, 0.15) is 11.8 Å². The molecule has 0 amide bonds. The van der Waals surface area contributed by atoms with Crippen molar-refractivity contribution in [2.75, 3.05) is 7.11 Å². The highest BCUT2D eigenvalue weighted by Crippen LogP contribution is 2.20. The number of carboxylic acids is 1. The van der Waals surface area contributed by atoms with Crippen LogP contribution < -0.4 is 9.46 Å². The van der Waals surface area contributed by atoms with Gasteiger partial charge in [0.05, 0.1) is 13.3 Å². The second kappa shape index (κ2) is 6.80. The summed E-state index contributed by atoms with van der Waals surface area (Å²) in [6, 6.07) is 6.03. The van der Waals surface area contributed by atoms with Gasteiger partial charge in [-0.25, -0.2) is 8.42 Å². The molecule has 0 fully saturated rings. The fourth-order valence-corrected chi connectivity index (χ4v) is 3.42. The van der Waals surface area contributed by atoms with Crippen molar-refractivity contribution in [3.8, 4) is 5.75 Å². The molecule has 1 heterocycles. The van der Waals surface area contributed by atoms with Gasteiger partial charge in [0.2, 0.25) is 0 Å². The van der Waals surface area contributed by atoms with Gasteiger partial charge in [-0.15, -0.1) is 0 Å². The molecule has 124 valence electrons. The molecule has 0 saturated heterocycles. The predicted molar refractivity (Wildman–Crippen MR) is 81.6 cm³/mol. The third-order valence-electron chi connectivity index (χ3n) is 3.22. The molecule has 2 rings (SSSR count). The lowest BCUT2D eigenvalue weighted by Crippen LogP contribution is -2.34. The molecule has 1 aromatic carbocycles. The molecule has 0 bridgehead atoms. The molecule has 0 aliphatic carbocycles. The molecule has 0 spiro atoms. The average Bonchev–Trinajstić information content (AvgIpc) is 3.02. The number of rotatable bonds is 7. The molecular weight excluding hydrogens is 322 g/mol. The number of aliphatic carboxylic acids is 1. The molecule has 8 nitrogen and oxygen atoms in total. The Labute approximate surface area is 133 Å². The number of sulfonamides is 1. The van der Waals surface area contributed by atoms with E-state index in [2.05, 4.69) is 9.82 Å². The zero-order valence-corrected chi connectivity index (χ0v) is 13.4. The zero-order valence-electron chi connectivity index (χ0n) is 12.6. The first kappa shape index (κ1) is 17.0. The second-order valence-electron chi connectivity index (χ2n) is 4.65. The highest BCUT2D eigenvalue weighted by Gasteiger charge is 2.28. The maximum atomic E-state index is 12.4. The highest BCUT2D eigenvalue weighted by molar-refractivity contribution is 7.89. The van der Waals surface area contributed by atoms with E-state index < -0.39 is 22.0 Å². The topological polar surface area (TPSA) is 111 Å². The van der Waals surface area contributed by atoms with E-state index in [0.29, 0.717) is 17.9 Å². The van der Waals surface area contributed by atoms with Gasteiger partial charge in [0, 0.05) is 6.54 Å². The SMILES string of the molecule is CCn1nccc1S(=O)(=O)NC(C(=O)O)c1ccc(OC)cc1. The minimum Gasteiger partial charge on any atom is -0.497 e. The molecule has 2 aromatic rings. The summed E-state index contributed by atoms with van der Waals surface area (Å²) < 4.78 is 33.3.